The molecular formula is C13H17N5O2S. The number of anilines is 1. The third-order valence-corrected chi connectivity index (χ3v) is 4.31. The Morgan fingerprint density at radius 1 is 1.57 bits per heavy atom. The van der Waals surface area contributed by atoms with Gasteiger partial charge in [-0.3, -0.25) is 4.79 Å². The van der Waals surface area contributed by atoms with Crippen molar-refractivity contribution in [3.63, 3.8) is 0 Å². The molecule has 2 atom stereocenters. The maximum atomic E-state index is 11.2. The van der Waals surface area contributed by atoms with E-state index in [1.54, 1.807) is 18.3 Å². The molecule has 7 nitrogen and oxygen atoms in total. The van der Waals surface area contributed by atoms with Crippen LogP contribution in [0, 0.1) is 0 Å². The molecule has 112 valence electrons. The second kappa shape index (κ2) is 6.00. The van der Waals surface area contributed by atoms with E-state index in [-0.39, 0.29) is 11.3 Å². The fourth-order valence-corrected chi connectivity index (χ4v) is 3.15. The molecule has 21 heavy (non-hydrogen) atoms. The number of hydrogen-bond acceptors (Lipinski definition) is 7. The van der Waals surface area contributed by atoms with Gasteiger partial charge >= 0.3 is 0 Å². The Morgan fingerprint density at radius 2 is 2.43 bits per heavy atom. The molecule has 8 heteroatoms. The molecule has 2 unspecified atom stereocenters. The van der Waals surface area contributed by atoms with Gasteiger partial charge in [0, 0.05) is 30.2 Å². The second-order valence-electron chi connectivity index (χ2n) is 5.11. The standard InChI is InChI=1S/C13H17N5O2S/c14-8-2-1-5-18(7-8)12-15-4-3-9(16-12)6-10-11(19)17-13(20)21-10/h3-4,6,8,11,19H,1-2,5,7,14H2,(H,17,20). The summed E-state index contributed by atoms with van der Waals surface area (Å²) >= 11 is 0.977. The molecule has 3 heterocycles. The Bertz CT molecular complexity index is 579. The molecule has 2 saturated heterocycles. The van der Waals surface area contributed by atoms with Crippen LogP contribution in [-0.4, -0.2) is 45.7 Å². The summed E-state index contributed by atoms with van der Waals surface area (Å²) in [4.78, 5) is 22.6. The number of nitrogens with zero attached hydrogens (tertiary/aromatic N) is 3. The van der Waals surface area contributed by atoms with Gasteiger partial charge < -0.3 is 21.1 Å². The summed E-state index contributed by atoms with van der Waals surface area (Å²) in [6.07, 6.45) is 4.47. The number of aliphatic hydroxyl groups is 1. The zero-order valence-corrected chi connectivity index (χ0v) is 12.2. The molecular weight excluding hydrogens is 290 g/mol. The zero-order chi connectivity index (χ0) is 14.8. The Hall–Kier alpha value is -1.64. The predicted molar refractivity (Wildman–Crippen MR) is 81.6 cm³/mol. The number of carbonyl (C=O) groups is 1. The van der Waals surface area contributed by atoms with Gasteiger partial charge in [0.25, 0.3) is 5.24 Å². The quantitative estimate of drug-likeness (QED) is 0.731. The van der Waals surface area contributed by atoms with Crippen molar-refractivity contribution in [3.05, 3.63) is 22.9 Å². The molecule has 2 aliphatic rings. The number of rotatable bonds is 2. The van der Waals surface area contributed by atoms with Crippen LogP contribution in [0.2, 0.25) is 0 Å². The van der Waals surface area contributed by atoms with Crippen LogP contribution in [0.25, 0.3) is 6.08 Å². The minimum atomic E-state index is -0.954. The third-order valence-electron chi connectivity index (χ3n) is 3.43. The highest BCUT2D eigenvalue weighted by molar-refractivity contribution is 8.17. The van der Waals surface area contributed by atoms with Crippen LogP contribution in [-0.2, 0) is 0 Å². The molecule has 1 aromatic rings. The Balaban J connectivity index is 1.80. The lowest BCUT2D eigenvalue weighted by atomic mass is 10.1. The van der Waals surface area contributed by atoms with E-state index in [1.165, 1.54) is 0 Å². The van der Waals surface area contributed by atoms with Crippen LogP contribution in [0.3, 0.4) is 0 Å². The van der Waals surface area contributed by atoms with E-state index in [4.69, 9.17) is 5.73 Å². The molecule has 0 bridgehead atoms. The molecule has 0 spiro atoms. The van der Waals surface area contributed by atoms with E-state index in [1.807, 2.05) is 0 Å². The fourth-order valence-electron chi connectivity index (χ4n) is 2.42. The van der Waals surface area contributed by atoms with Gasteiger partial charge in [0.1, 0.15) is 0 Å². The molecule has 2 fully saturated rings. The summed E-state index contributed by atoms with van der Waals surface area (Å²) in [5, 5.41) is 11.8. The minimum Gasteiger partial charge on any atom is -0.369 e. The smallest absolute Gasteiger partial charge is 0.285 e. The van der Waals surface area contributed by atoms with E-state index >= 15 is 0 Å². The number of aliphatic hydroxyl groups excluding tert-OH is 1. The first-order chi connectivity index (χ1) is 10.1. The van der Waals surface area contributed by atoms with Crippen molar-refractivity contribution in [1.82, 2.24) is 15.3 Å². The van der Waals surface area contributed by atoms with Crippen molar-refractivity contribution in [2.75, 3.05) is 18.0 Å². The first-order valence-corrected chi connectivity index (χ1v) is 7.65. The van der Waals surface area contributed by atoms with E-state index in [0.717, 1.165) is 37.7 Å². The van der Waals surface area contributed by atoms with Crippen LogP contribution in [0.5, 0.6) is 0 Å². The predicted octanol–water partition coefficient (Wildman–Crippen LogP) is 0.520. The molecule has 1 amide bonds. The number of hydrogen-bond donors (Lipinski definition) is 3. The molecule has 0 aromatic carbocycles. The van der Waals surface area contributed by atoms with Crippen molar-refractivity contribution in [2.45, 2.75) is 25.1 Å². The molecule has 0 radical (unpaired) electrons. The lowest BCUT2D eigenvalue weighted by Gasteiger charge is -2.30. The number of aromatic nitrogens is 2. The lowest BCUT2D eigenvalue weighted by molar-refractivity contribution is 0.192. The van der Waals surface area contributed by atoms with E-state index in [0.29, 0.717) is 16.5 Å². The summed E-state index contributed by atoms with van der Waals surface area (Å²) in [6.45, 7) is 1.64. The van der Waals surface area contributed by atoms with Gasteiger partial charge in [-0.15, -0.1) is 0 Å². The van der Waals surface area contributed by atoms with Gasteiger partial charge in [0.2, 0.25) is 5.95 Å². The molecule has 0 aliphatic carbocycles. The molecule has 3 rings (SSSR count). The van der Waals surface area contributed by atoms with Gasteiger partial charge in [-0.05, 0) is 36.7 Å². The Morgan fingerprint density at radius 3 is 3.14 bits per heavy atom. The first kappa shape index (κ1) is 14.3. The number of amides is 1. The van der Waals surface area contributed by atoms with Crippen molar-refractivity contribution in [3.8, 4) is 0 Å². The number of nitrogens with one attached hydrogen (secondary N) is 1. The summed E-state index contributed by atoms with van der Waals surface area (Å²) < 4.78 is 0. The van der Waals surface area contributed by atoms with Crippen LogP contribution in [0.15, 0.2) is 17.2 Å². The van der Waals surface area contributed by atoms with Crippen molar-refractivity contribution in [1.29, 1.82) is 0 Å². The Kier molecular flexibility index (Phi) is 4.09. The normalized spacial score (nSPS) is 28.0. The van der Waals surface area contributed by atoms with E-state index in [2.05, 4.69) is 20.2 Å². The Labute approximate surface area is 126 Å². The van der Waals surface area contributed by atoms with Crippen molar-refractivity contribution in [2.24, 2.45) is 5.73 Å². The summed E-state index contributed by atoms with van der Waals surface area (Å²) in [5.41, 5.74) is 6.64. The summed E-state index contributed by atoms with van der Waals surface area (Å²) in [5.74, 6) is 0.635. The van der Waals surface area contributed by atoms with Gasteiger partial charge in [-0.2, -0.15) is 0 Å². The summed E-state index contributed by atoms with van der Waals surface area (Å²) in [6, 6.07) is 1.90. The van der Waals surface area contributed by atoms with Crippen LogP contribution < -0.4 is 16.0 Å². The molecule has 4 N–H and O–H groups in total. The van der Waals surface area contributed by atoms with Crippen molar-refractivity contribution < 1.29 is 9.90 Å². The average Bonchev–Trinajstić information content (AvgIpc) is 2.77. The maximum absolute atomic E-state index is 11.2. The number of thioether (sulfide) groups is 1. The number of carbonyl (C=O) groups excluding carboxylic acids is 1. The van der Waals surface area contributed by atoms with Gasteiger partial charge in [-0.25, -0.2) is 9.97 Å². The lowest BCUT2D eigenvalue weighted by Crippen LogP contribution is -2.43. The largest absolute Gasteiger partial charge is 0.369 e. The number of piperidine rings is 1. The van der Waals surface area contributed by atoms with Gasteiger partial charge in [-0.1, -0.05) is 0 Å². The fraction of sp³-hybridized carbons (Fsp3) is 0.462. The minimum absolute atomic E-state index is 0.151. The van der Waals surface area contributed by atoms with E-state index in [9.17, 15) is 9.90 Å². The SMILES string of the molecule is NC1CCCN(c2nccc(C=C3SC(=O)NC3O)n2)C1. The van der Waals surface area contributed by atoms with Gasteiger partial charge in [0.05, 0.1) is 5.69 Å². The van der Waals surface area contributed by atoms with Crippen LogP contribution >= 0.6 is 11.8 Å². The van der Waals surface area contributed by atoms with Crippen LogP contribution in [0.1, 0.15) is 18.5 Å². The molecule has 2 aliphatic heterocycles. The topological polar surface area (TPSA) is 104 Å². The third kappa shape index (κ3) is 3.34. The number of nitrogens with two attached hydrogens (primary N) is 1. The zero-order valence-electron chi connectivity index (χ0n) is 11.4. The monoisotopic (exact) mass is 307 g/mol. The molecule has 1 aromatic heterocycles. The molecule has 0 saturated carbocycles. The average molecular weight is 307 g/mol. The maximum Gasteiger partial charge on any atom is 0.285 e. The first-order valence-electron chi connectivity index (χ1n) is 6.83. The highest BCUT2D eigenvalue weighted by Crippen LogP contribution is 2.28. The van der Waals surface area contributed by atoms with Gasteiger partial charge in [0.15, 0.2) is 6.23 Å². The van der Waals surface area contributed by atoms with E-state index < -0.39 is 6.23 Å². The summed E-state index contributed by atoms with van der Waals surface area (Å²) in [7, 11) is 0. The highest BCUT2D eigenvalue weighted by atomic mass is 32.2. The second-order valence-corrected chi connectivity index (χ2v) is 6.16. The highest BCUT2D eigenvalue weighted by Gasteiger charge is 2.25. The van der Waals surface area contributed by atoms with Crippen LogP contribution in [0.4, 0.5) is 10.7 Å². The van der Waals surface area contributed by atoms with Crippen molar-refractivity contribution >= 4 is 29.0 Å².